The van der Waals surface area contributed by atoms with Crippen LogP contribution in [0.5, 0.6) is 0 Å². The van der Waals surface area contributed by atoms with E-state index in [4.69, 9.17) is 5.11 Å². The molecule has 20 heavy (non-hydrogen) atoms. The summed E-state index contributed by atoms with van der Waals surface area (Å²) in [7, 11) is 0. The second kappa shape index (κ2) is 6.37. The zero-order chi connectivity index (χ0) is 14.5. The summed E-state index contributed by atoms with van der Waals surface area (Å²) in [5.41, 5.74) is 1.86. The molecule has 0 unspecified atom stereocenters. The van der Waals surface area contributed by atoms with E-state index in [0.29, 0.717) is 0 Å². The maximum absolute atomic E-state index is 12.2. The van der Waals surface area contributed by atoms with Crippen LogP contribution in [-0.4, -0.2) is 17.0 Å². The maximum atomic E-state index is 12.2. The molecule has 1 aromatic carbocycles. The fourth-order valence-corrected chi connectivity index (χ4v) is 2.51. The van der Waals surface area contributed by atoms with Gasteiger partial charge in [0.2, 0.25) is 5.91 Å². The number of hydrogen-bond donors (Lipinski definition) is 2. The molecule has 4 heteroatoms. The molecule has 0 saturated carbocycles. The molecule has 1 aliphatic carbocycles. The Morgan fingerprint density at radius 3 is 2.55 bits per heavy atom. The summed E-state index contributed by atoms with van der Waals surface area (Å²) < 4.78 is 0. The first-order chi connectivity index (χ1) is 9.58. The van der Waals surface area contributed by atoms with E-state index in [9.17, 15) is 9.59 Å². The summed E-state index contributed by atoms with van der Waals surface area (Å²) in [5, 5.41) is 11.9. The Balaban J connectivity index is 2.13. The van der Waals surface area contributed by atoms with E-state index in [0.717, 1.165) is 24.0 Å². The van der Waals surface area contributed by atoms with Crippen LogP contribution in [0.4, 0.5) is 0 Å². The van der Waals surface area contributed by atoms with Crippen LogP contribution >= 0.6 is 0 Å². The van der Waals surface area contributed by atoms with Gasteiger partial charge in [-0.3, -0.25) is 9.59 Å². The number of aliphatic carboxylic acids is 1. The molecule has 1 amide bonds. The van der Waals surface area contributed by atoms with Gasteiger partial charge in [-0.2, -0.15) is 0 Å². The van der Waals surface area contributed by atoms with Gasteiger partial charge in [0.25, 0.3) is 0 Å². The highest BCUT2D eigenvalue weighted by Gasteiger charge is 2.24. The summed E-state index contributed by atoms with van der Waals surface area (Å²) in [6.07, 6.45) is 5.35. The first kappa shape index (κ1) is 14.3. The Morgan fingerprint density at radius 2 is 1.95 bits per heavy atom. The molecule has 0 radical (unpaired) electrons. The number of carboxylic acids is 1. The van der Waals surface area contributed by atoms with Gasteiger partial charge in [0.15, 0.2) is 0 Å². The number of amides is 1. The number of rotatable bonds is 5. The first-order valence-electron chi connectivity index (χ1n) is 6.80. The predicted octanol–water partition coefficient (Wildman–Crippen LogP) is 2.59. The van der Waals surface area contributed by atoms with Gasteiger partial charge in [-0.1, -0.05) is 36.4 Å². The van der Waals surface area contributed by atoms with Gasteiger partial charge in [-0.25, -0.2) is 0 Å². The minimum absolute atomic E-state index is 0.0599. The smallest absolute Gasteiger partial charge is 0.305 e. The van der Waals surface area contributed by atoms with Crippen LogP contribution in [0.15, 0.2) is 36.4 Å². The SMILES string of the molecule is Cc1ccccc1[C@@H](CC(=O)O)NC(=O)C1CC=CC1. The Hall–Kier alpha value is -2.10. The maximum Gasteiger partial charge on any atom is 0.305 e. The van der Waals surface area contributed by atoms with E-state index in [1.807, 2.05) is 43.3 Å². The number of nitrogens with one attached hydrogen (secondary N) is 1. The fourth-order valence-electron chi connectivity index (χ4n) is 2.51. The number of hydrogen-bond acceptors (Lipinski definition) is 2. The van der Waals surface area contributed by atoms with Gasteiger partial charge >= 0.3 is 5.97 Å². The van der Waals surface area contributed by atoms with Gasteiger partial charge in [-0.05, 0) is 30.9 Å². The van der Waals surface area contributed by atoms with E-state index < -0.39 is 12.0 Å². The standard InChI is InChI=1S/C16H19NO3/c1-11-6-2-5-9-13(11)14(10-15(18)19)17-16(20)12-7-3-4-8-12/h2-6,9,12,14H,7-8,10H2,1H3,(H,17,20)(H,18,19)/t14-/m1/s1. The lowest BCUT2D eigenvalue weighted by Gasteiger charge is -2.21. The number of aryl methyl sites for hydroxylation is 1. The lowest BCUT2D eigenvalue weighted by atomic mass is 9.97. The summed E-state index contributed by atoms with van der Waals surface area (Å²) >= 11 is 0. The van der Waals surface area contributed by atoms with Crippen molar-refractivity contribution in [1.29, 1.82) is 0 Å². The normalized spacial score (nSPS) is 16.1. The highest BCUT2D eigenvalue weighted by Crippen LogP contribution is 2.23. The van der Waals surface area contributed by atoms with Gasteiger partial charge in [0.05, 0.1) is 12.5 Å². The van der Waals surface area contributed by atoms with E-state index in [1.165, 1.54) is 0 Å². The molecule has 0 spiro atoms. The second-order valence-corrected chi connectivity index (χ2v) is 5.16. The number of benzene rings is 1. The average Bonchev–Trinajstić information content (AvgIpc) is 2.92. The number of carboxylic acid groups (broad SMARTS) is 1. The van der Waals surface area contributed by atoms with Crippen molar-refractivity contribution in [2.45, 2.75) is 32.2 Å². The third kappa shape index (κ3) is 3.47. The van der Waals surface area contributed by atoms with Crippen LogP contribution in [0.2, 0.25) is 0 Å². The summed E-state index contributed by atoms with van der Waals surface area (Å²) in [4.78, 5) is 23.2. The van der Waals surface area contributed by atoms with Crippen molar-refractivity contribution in [3.8, 4) is 0 Å². The van der Waals surface area contributed by atoms with Crippen molar-refractivity contribution in [2.24, 2.45) is 5.92 Å². The molecule has 0 heterocycles. The molecule has 106 valence electrons. The van der Waals surface area contributed by atoms with Crippen molar-refractivity contribution in [3.63, 3.8) is 0 Å². The predicted molar refractivity (Wildman–Crippen MR) is 76.2 cm³/mol. The van der Waals surface area contributed by atoms with Crippen LogP contribution < -0.4 is 5.32 Å². The second-order valence-electron chi connectivity index (χ2n) is 5.16. The molecule has 0 bridgehead atoms. The van der Waals surface area contributed by atoms with Crippen molar-refractivity contribution >= 4 is 11.9 Å². The molecule has 1 aromatic rings. The lowest BCUT2D eigenvalue weighted by Crippen LogP contribution is -2.34. The monoisotopic (exact) mass is 273 g/mol. The van der Waals surface area contributed by atoms with E-state index >= 15 is 0 Å². The number of carbonyl (C=O) groups excluding carboxylic acids is 1. The summed E-state index contributed by atoms with van der Waals surface area (Å²) in [6, 6.07) is 7.09. The highest BCUT2D eigenvalue weighted by atomic mass is 16.4. The van der Waals surface area contributed by atoms with E-state index in [2.05, 4.69) is 5.32 Å². The quantitative estimate of drug-likeness (QED) is 0.810. The van der Waals surface area contributed by atoms with Crippen molar-refractivity contribution in [3.05, 3.63) is 47.5 Å². The molecular weight excluding hydrogens is 254 g/mol. The summed E-state index contributed by atoms with van der Waals surface area (Å²) in [5.74, 6) is -1.04. The average molecular weight is 273 g/mol. The minimum Gasteiger partial charge on any atom is -0.481 e. The zero-order valence-electron chi connectivity index (χ0n) is 11.5. The molecule has 0 aromatic heterocycles. The van der Waals surface area contributed by atoms with Crippen LogP contribution in [-0.2, 0) is 9.59 Å². The third-order valence-electron chi connectivity index (χ3n) is 3.64. The van der Waals surface area contributed by atoms with Gasteiger partial charge in [0, 0.05) is 5.92 Å². The van der Waals surface area contributed by atoms with E-state index in [1.54, 1.807) is 0 Å². The highest BCUT2D eigenvalue weighted by molar-refractivity contribution is 5.80. The van der Waals surface area contributed by atoms with Crippen molar-refractivity contribution < 1.29 is 14.7 Å². The Labute approximate surface area is 118 Å². The number of carbonyl (C=O) groups is 2. The van der Waals surface area contributed by atoms with Crippen LogP contribution in [0.3, 0.4) is 0 Å². The Morgan fingerprint density at radius 1 is 1.30 bits per heavy atom. The van der Waals surface area contributed by atoms with Gasteiger partial charge in [0.1, 0.15) is 0 Å². The van der Waals surface area contributed by atoms with Crippen LogP contribution in [0.1, 0.15) is 36.4 Å². The van der Waals surface area contributed by atoms with Gasteiger partial charge < -0.3 is 10.4 Å². The Bertz CT molecular complexity index is 528. The van der Waals surface area contributed by atoms with Gasteiger partial charge in [-0.15, -0.1) is 0 Å². The number of allylic oxidation sites excluding steroid dienone is 2. The topological polar surface area (TPSA) is 66.4 Å². The third-order valence-corrected chi connectivity index (χ3v) is 3.64. The van der Waals surface area contributed by atoms with E-state index in [-0.39, 0.29) is 18.2 Å². The molecular formula is C16H19NO3. The molecule has 0 fully saturated rings. The first-order valence-corrected chi connectivity index (χ1v) is 6.80. The summed E-state index contributed by atoms with van der Waals surface area (Å²) in [6.45, 7) is 1.92. The van der Waals surface area contributed by atoms with Crippen molar-refractivity contribution in [1.82, 2.24) is 5.32 Å². The Kier molecular flexibility index (Phi) is 4.56. The molecule has 0 aliphatic heterocycles. The molecule has 2 N–H and O–H groups in total. The largest absolute Gasteiger partial charge is 0.481 e. The van der Waals surface area contributed by atoms with Crippen LogP contribution in [0, 0.1) is 12.8 Å². The zero-order valence-corrected chi connectivity index (χ0v) is 11.5. The van der Waals surface area contributed by atoms with Crippen molar-refractivity contribution in [2.75, 3.05) is 0 Å². The molecule has 1 atom stereocenters. The molecule has 4 nitrogen and oxygen atoms in total. The molecule has 0 saturated heterocycles. The lowest BCUT2D eigenvalue weighted by molar-refractivity contribution is -0.137. The molecule has 1 aliphatic rings. The minimum atomic E-state index is -0.914. The van der Waals surface area contributed by atoms with Crippen LogP contribution in [0.25, 0.3) is 0 Å². The fraction of sp³-hybridized carbons (Fsp3) is 0.375. The molecule has 2 rings (SSSR count).